The van der Waals surface area contributed by atoms with Gasteiger partial charge in [-0.25, -0.2) is 0 Å². The Balaban J connectivity index is 2.82. The number of alkyl halides is 6. The van der Waals surface area contributed by atoms with Crippen LogP contribution in [0.5, 0.6) is 0 Å². The highest BCUT2D eigenvalue weighted by atomic mass is 80.0. The Hall–Kier alpha value is 0.920. The van der Waals surface area contributed by atoms with Crippen LogP contribution in [0, 0.1) is 0 Å². The third-order valence-electron chi connectivity index (χ3n) is 3.02. The van der Waals surface area contributed by atoms with Gasteiger partial charge in [-0.05, 0) is 34.9 Å². The van der Waals surface area contributed by atoms with Gasteiger partial charge >= 0.3 is 0 Å². The van der Waals surface area contributed by atoms with E-state index in [0.717, 1.165) is 22.3 Å². The Morgan fingerprint density at radius 3 is 1.91 bits per heavy atom. The van der Waals surface area contributed by atoms with Crippen LogP contribution in [0.15, 0.2) is 36.4 Å². The van der Waals surface area contributed by atoms with Crippen LogP contribution in [-0.4, -0.2) is 0 Å². The third kappa shape index (κ3) is 4.30. The fourth-order valence-corrected chi connectivity index (χ4v) is 4.45. The van der Waals surface area contributed by atoms with Crippen molar-refractivity contribution >= 4 is 107 Å². The predicted octanol–water partition coefficient (Wildman–Crippen LogP) is 7.11. The van der Waals surface area contributed by atoms with E-state index in [9.17, 15) is 0 Å². The van der Waals surface area contributed by atoms with E-state index < -0.39 is 4.29 Å². The zero-order valence-electron chi connectivity index (χ0n) is 10.9. The van der Waals surface area contributed by atoms with Crippen LogP contribution in [0.3, 0.4) is 0 Å². The molecule has 0 saturated carbocycles. The van der Waals surface area contributed by atoms with Crippen molar-refractivity contribution in [1.82, 2.24) is 0 Å². The van der Waals surface area contributed by atoms with Crippen LogP contribution in [0.25, 0.3) is 11.1 Å². The number of nitrogens with two attached hydrogens (primary N) is 2. The molecule has 0 atom stereocenters. The maximum Gasteiger partial charge on any atom is 0.162 e. The van der Waals surface area contributed by atoms with E-state index in [2.05, 4.69) is 95.6 Å². The maximum atomic E-state index is 6.18. The molecular formula is C14H10Br6N2. The lowest BCUT2D eigenvalue weighted by atomic mass is 9.95. The zero-order chi connectivity index (χ0) is 16.7. The Morgan fingerprint density at radius 2 is 1.36 bits per heavy atom. The summed E-state index contributed by atoms with van der Waals surface area (Å²) in [6.07, 6.45) is 0. The lowest BCUT2D eigenvalue weighted by Gasteiger charge is -2.24. The number of halogens is 6. The second-order valence-electron chi connectivity index (χ2n) is 4.57. The summed E-state index contributed by atoms with van der Waals surface area (Å²) in [6, 6.07) is 11.5. The molecule has 0 aliphatic rings. The molecule has 0 saturated heterocycles. The van der Waals surface area contributed by atoms with Gasteiger partial charge in [-0.2, -0.15) is 0 Å². The highest BCUT2D eigenvalue weighted by Crippen LogP contribution is 2.54. The molecule has 2 nitrogen and oxygen atoms in total. The molecule has 0 aliphatic carbocycles. The third-order valence-corrected chi connectivity index (χ3v) is 5.49. The average molecular weight is 686 g/mol. The molecule has 0 unspecified atom stereocenters. The summed E-state index contributed by atoms with van der Waals surface area (Å²) in [6.45, 7) is 0. The normalized spacial score (nSPS) is 12.5. The molecule has 8 heteroatoms. The maximum absolute atomic E-state index is 6.18. The Kier molecular flexibility index (Phi) is 6.16. The van der Waals surface area contributed by atoms with Gasteiger partial charge in [-0.15, -0.1) is 0 Å². The Morgan fingerprint density at radius 1 is 0.727 bits per heavy atom. The topological polar surface area (TPSA) is 52.0 Å². The van der Waals surface area contributed by atoms with Crippen molar-refractivity contribution < 1.29 is 0 Å². The smallest absolute Gasteiger partial charge is 0.162 e. The summed E-state index contributed by atoms with van der Waals surface area (Å²) < 4.78 is -1.22. The molecule has 0 bridgehead atoms. The lowest BCUT2D eigenvalue weighted by Crippen LogP contribution is -2.09. The largest absolute Gasteiger partial charge is 0.399 e. The van der Waals surface area contributed by atoms with Crippen LogP contribution >= 0.6 is 95.6 Å². The number of anilines is 2. The van der Waals surface area contributed by atoms with E-state index >= 15 is 0 Å². The second-order valence-corrected chi connectivity index (χ2v) is 18.1. The molecule has 4 N–H and O–H groups in total. The van der Waals surface area contributed by atoms with Crippen molar-refractivity contribution in [3.8, 4) is 11.1 Å². The van der Waals surface area contributed by atoms with Gasteiger partial charge < -0.3 is 11.5 Å². The van der Waals surface area contributed by atoms with Gasteiger partial charge in [-0.1, -0.05) is 114 Å². The van der Waals surface area contributed by atoms with Gasteiger partial charge in [0.15, 0.2) is 4.29 Å². The van der Waals surface area contributed by atoms with Crippen molar-refractivity contribution in [2.75, 3.05) is 11.5 Å². The standard InChI is InChI=1S/C14H10Br6N2/c15-13(16,17)10-6-7(21)4-5-8(10)9-2-1-3-11(22)12(9)14(18,19)20/h1-6H,21-22H2. The Labute approximate surface area is 179 Å². The minimum absolute atomic E-state index is 0.590. The van der Waals surface area contributed by atoms with Gasteiger partial charge in [0.2, 0.25) is 0 Å². The zero-order valence-corrected chi connectivity index (χ0v) is 20.4. The highest BCUT2D eigenvalue weighted by Gasteiger charge is 2.31. The first-order valence-corrected chi connectivity index (χ1v) is 10.7. The van der Waals surface area contributed by atoms with Crippen molar-refractivity contribution in [3.05, 3.63) is 47.5 Å². The number of hydrogen-bond donors (Lipinski definition) is 2. The molecular weight excluding hydrogens is 676 g/mol. The quantitative estimate of drug-likeness (QED) is 0.249. The van der Waals surface area contributed by atoms with Crippen LogP contribution in [0.1, 0.15) is 11.1 Å². The number of hydrogen-bond acceptors (Lipinski definition) is 2. The van der Waals surface area contributed by atoms with E-state index in [4.69, 9.17) is 11.5 Å². The first-order valence-electron chi connectivity index (χ1n) is 5.94. The van der Waals surface area contributed by atoms with Crippen molar-refractivity contribution in [1.29, 1.82) is 0 Å². The minimum atomic E-state index is -0.625. The SMILES string of the molecule is Nc1ccc(-c2cccc(N)c2C(Br)(Br)Br)c(C(Br)(Br)Br)c1. The van der Waals surface area contributed by atoms with E-state index in [-0.39, 0.29) is 0 Å². The molecule has 22 heavy (non-hydrogen) atoms. The summed E-state index contributed by atoms with van der Waals surface area (Å²) in [5.41, 5.74) is 17.3. The molecule has 0 heterocycles. The fourth-order valence-electron chi connectivity index (χ4n) is 2.14. The van der Waals surface area contributed by atoms with Crippen LogP contribution in [-0.2, 0) is 4.29 Å². The second kappa shape index (κ2) is 7.04. The van der Waals surface area contributed by atoms with Crippen LogP contribution in [0.2, 0.25) is 0 Å². The van der Waals surface area contributed by atoms with Crippen molar-refractivity contribution in [3.63, 3.8) is 0 Å². The lowest BCUT2D eigenvalue weighted by molar-refractivity contribution is 1.32. The summed E-state index contributed by atoms with van der Waals surface area (Å²) in [4.78, 5) is 0. The van der Waals surface area contributed by atoms with Gasteiger partial charge in [0.05, 0.1) is 0 Å². The van der Waals surface area contributed by atoms with Gasteiger partial charge in [0, 0.05) is 16.9 Å². The van der Waals surface area contributed by atoms with E-state index in [1.54, 1.807) is 0 Å². The van der Waals surface area contributed by atoms with Crippen molar-refractivity contribution in [2.24, 2.45) is 0 Å². The molecule has 118 valence electrons. The van der Waals surface area contributed by atoms with Crippen LogP contribution < -0.4 is 11.5 Å². The predicted molar refractivity (Wildman–Crippen MR) is 118 cm³/mol. The highest BCUT2D eigenvalue weighted by molar-refractivity contribution is 9.39. The molecule has 2 aromatic rings. The molecule has 0 aliphatic heterocycles. The van der Waals surface area contributed by atoms with E-state index in [1.165, 1.54) is 0 Å². The molecule has 0 fully saturated rings. The van der Waals surface area contributed by atoms with E-state index in [1.807, 2.05) is 36.4 Å². The average Bonchev–Trinajstić information content (AvgIpc) is 2.35. The fraction of sp³-hybridized carbons (Fsp3) is 0.143. The van der Waals surface area contributed by atoms with Crippen LogP contribution in [0.4, 0.5) is 11.4 Å². The molecule has 0 aromatic heterocycles. The van der Waals surface area contributed by atoms with Gasteiger partial charge in [0.25, 0.3) is 0 Å². The summed E-state index contributed by atoms with van der Waals surface area (Å²) in [5.74, 6) is 0. The number of nitrogen functional groups attached to an aromatic ring is 2. The molecule has 0 radical (unpaired) electrons. The first kappa shape index (κ1) is 19.2. The Bertz CT molecular complexity index is 703. The number of rotatable bonds is 1. The molecule has 0 spiro atoms. The number of benzene rings is 2. The summed E-state index contributed by atoms with van der Waals surface area (Å²) in [5, 5.41) is 0. The van der Waals surface area contributed by atoms with E-state index in [0.29, 0.717) is 11.4 Å². The van der Waals surface area contributed by atoms with Gasteiger partial charge in [0.1, 0.15) is 0 Å². The summed E-state index contributed by atoms with van der Waals surface area (Å²) in [7, 11) is 0. The van der Waals surface area contributed by atoms with Crippen molar-refractivity contribution in [2.45, 2.75) is 4.29 Å². The molecule has 2 aromatic carbocycles. The molecule has 2 rings (SSSR count). The molecule has 0 amide bonds. The monoisotopic (exact) mass is 680 g/mol. The minimum Gasteiger partial charge on any atom is -0.399 e. The summed E-state index contributed by atoms with van der Waals surface area (Å²) >= 11 is 21.4. The first-order chi connectivity index (χ1) is 10.0. The van der Waals surface area contributed by atoms with Gasteiger partial charge in [-0.3, -0.25) is 0 Å².